The van der Waals surface area contributed by atoms with Crippen LogP contribution in [0.15, 0.2) is 41.3 Å². The number of hydrogen-bond donors (Lipinski definition) is 1. The molecule has 1 saturated heterocycles. The monoisotopic (exact) mass is 484 g/mol. The molecule has 1 fully saturated rings. The minimum Gasteiger partial charge on any atom is -0.461 e. The first-order chi connectivity index (χ1) is 15.2. The SMILES string of the molecule is CO[C@@]1(NC(=O)Cc2ccccc2)C(=O)N2C(P(=O)(OC)OC)=C(COC(C)=O)CS[C@H]21. The second-order valence-electron chi connectivity index (χ2n) is 7.06. The van der Waals surface area contributed by atoms with Crippen molar-refractivity contribution in [3.8, 4) is 0 Å². The van der Waals surface area contributed by atoms with Gasteiger partial charge in [0.15, 0.2) is 0 Å². The fraction of sp³-hybridized carbons (Fsp3) is 0.450. The number of rotatable bonds is 9. The molecule has 0 aliphatic carbocycles. The van der Waals surface area contributed by atoms with E-state index in [9.17, 15) is 18.9 Å². The highest BCUT2D eigenvalue weighted by Crippen LogP contribution is 2.63. The van der Waals surface area contributed by atoms with Crippen molar-refractivity contribution in [2.24, 2.45) is 0 Å². The average molecular weight is 484 g/mol. The maximum absolute atomic E-state index is 13.3. The number of nitrogens with zero attached hydrogens (tertiary/aromatic N) is 1. The Kier molecular flexibility index (Phi) is 7.46. The van der Waals surface area contributed by atoms with Gasteiger partial charge in [-0.3, -0.25) is 23.8 Å². The summed E-state index contributed by atoms with van der Waals surface area (Å²) in [5.74, 6) is -1.29. The van der Waals surface area contributed by atoms with Crippen molar-refractivity contribution in [2.45, 2.75) is 24.4 Å². The normalized spacial score (nSPS) is 22.8. The standard InChI is InChI=1S/C20H25N2O8PS/c1-13(23)30-11-15-12-32-19-20(27-2,21-16(24)10-14-8-6-5-7-9-14)18(25)22(19)17(15)31(26,28-3)29-4/h5-9,19H,10-12H2,1-4H3,(H,21,24)/t19-,20-/m0/s1. The summed E-state index contributed by atoms with van der Waals surface area (Å²) < 4.78 is 34.1. The zero-order valence-corrected chi connectivity index (χ0v) is 19.9. The molecule has 0 unspecified atom stereocenters. The predicted octanol–water partition coefficient (Wildman–Crippen LogP) is 1.86. The lowest BCUT2D eigenvalue weighted by Crippen LogP contribution is -2.80. The van der Waals surface area contributed by atoms with E-state index in [1.54, 1.807) is 12.1 Å². The van der Waals surface area contributed by atoms with Crippen LogP contribution in [0.2, 0.25) is 0 Å². The number of carbonyl (C=O) groups excluding carboxylic acids is 3. The Morgan fingerprint density at radius 1 is 1.22 bits per heavy atom. The molecule has 3 rings (SSSR count). The summed E-state index contributed by atoms with van der Waals surface area (Å²) in [7, 11) is -0.172. The fourth-order valence-electron chi connectivity index (χ4n) is 3.58. The van der Waals surface area contributed by atoms with Gasteiger partial charge >= 0.3 is 13.6 Å². The molecule has 1 aromatic carbocycles. The summed E-state index contributed by atoms with van der Waals surface area (Å²) >= 11 is 1.28. The van der Waals surface area contributed by atoms with Crippen LogP contribution in [0, 0.1) is 0 Å². The van der Waals surface area contributed by atoms with Gasteiger partial charge < -0.3 is 23.8 Å². The van der Waals surface area contributed by atoms with Crippen LogP contribution in [0.25, 0.3) is 0 Å². The first kappa shape index (κ1) is 24.5. The van der Waals surface area contributed by atoms with Crippen molar-refractivity contribution in [2.75, 3.05) is 33.7 Å². The third-order valence-electron chi connectivity index (χ3n) is 5.12. The van der Waals surface area contributed by atoms with Crippen molar-refractivity contribution in [3.63, 3.8) is 0 Å². The van der Waals surface area contributed by atoms with E-state index in [1.807, 2.05) is 18.2 Å². The molecule has 0 aromatic heterocycles. The molecule has 2 amide bonds. The van der Waals surface area contributed by atoms with Gasteiger partial charge in [-0.05, 0) is 5.56 Å². The van der Waals surface area contributed by atoms with Gasteiger partial charge in [-0.1, -0.05) is 30.3 Å². The van der Waals surface area contributed by atoms with Crippen LogP contribution < -0.4 is 5.32 Å². The van der Waals surface area contributed by atoms with Crippen LogP contribution in [0.1, 0.15) is 12.5 Å². The van der Waals surface area contributed by atoms with Crippen LogP contribution >= 0.6 is 19.4 Å². The Morgan fingerprint density at radius 3 is 2.44 bits per heavy atom. The van der Waals surface area contributed by atoms with Crippen LogP contribution in [-0.4, -0.2) is 67.5 Å². The number of thioether (sulfide) groups is 1. The fourth-order valence-corrected chi connectivity index (χ4v) is 6.68. The number of β-lactam (4-membered cyclic amide) rings is 1. The van der Waals surface area contributed by atoms with Crippen molar-refractivity contribution >= 4 is 37.1 Å². The number of nitrogens with one attached hydrogen (secondary N) is 1. The summed E-state index contributed by atoms with van der Waals surface area (Å²) in [5.41, 5.74) is -0.436. The number of benzene rings is 1. The van der Waals surface area contributed by atoms with Crippen LogP contribution in [-0.2, 0) is 43.9 Å². The van der Waals surface area contributed by atoms with Crippen molar-refractivity contribution in [3.05, 3.63) is 46.9 Å². The van der Waals surface area contributed by atoms with E-state index < -0.39 is 36.5 Å². The van der Waals surface area contributed by atoms with Crippen LogP contribution in [0.4, 0.5) is 0 Å². The molecule has 1 N–H and O–H groups in total. The van der Waals surface area contributed by atoms with Crippen LogP contribution in [0.5, 0.6) is 0 Å². The lowest BCUT2D eigenvalue weighted by Gasteiger charge is -2.56. The first-order valence-electron chi connectivity index (χ1n) is 9.65. The minimum absolute atomic E-state index is 0.00230. The van der Waals surface area contributed by atoms with Gasteiger partial charge in [0.1, 0.15) is 17.4 Å². The number of carbonyl (C=O) groups is 3. The predicted molar refractivity (Wildman–Crippen MR) is 116 cm³/mol. The van der Waals surface area contributed by atoms with E-state index >= 15 is 0 Å². The first-order valence-corrected chi connectivity index (χ1v) is 12.2. The molecule has 174 valence electrons. The van der Waals surface area contributed by atoms with E-state index in [0.717, 1.165) is 5.56 Å². The molecule has 2 aliphatic rings. The van der Waals surface area contributed by atoms with E-state index in [-0.39, 0.29) is 24.2 Å². The molecule has 0 spiro atoms. The maximum atomic E-state index is 13.3. The summed E-state index contributed by atoms with van der Waals surface area (Å²) in [6, 6.07) is 9.08. The Hall–Kier alpha value is -2.17. The Morgan fingerprint density at radius 2 is 1.88 bits per heavy atom. The topological polar surface area (TPSA) is 120 Å². The zero-order chi connectivity index (χ0) is 23.5. The second-order valence-corrected chi connectivity index (χ2v) is 10.3. The average Bonchev–Trinajstić information content (AvgIpc) is 2.80. The number of methoxy groups -OCH3 is 1. The van der Waals surface area contributed by atoms with E-state index in [0.29, 0.717) is 5.57 Å². The van der Waals surface area contributed by atoms with E-state index in [2.05, 4.69) is 5.32 Å². The zero-order valence-electron chi connectivity index (χ0n) is 18.2. The number of fused-ring (bicyclic) bond motifs is 1. The molecule has 0 bridgehead atoms. The smallest absolute Gasteiger partial charge is 0.377 e. The molecule has 32 heavy (non-hydrogen) atoms. The van der Waals surface area contributed by atoms with Crippen molar-refractivity contribution < 1.29 is 37.5 Å². The number of hydrogen-bond acceptors (Lipinski definition) is 9. The Balaban J connectivity index is 1.90. The molecular formula is C20H25N2O8PS. The van der Waals surface area contributed by atoms with Gasteiger partial charge in [0, 0.05) is 39.6 Å². The molecule has 2 atom stereocenters. The summed E-state index contributed by atoms with van der Waals surface area (Å²) in [6.07, 6.45) is 0.0612. The van der Waals surface area contributed by atoms with Gasteiger partial charge in [0.05, 0.1) is 6.42 Å². The molecular weight excluding hydrogens is 459 g/mol. The Bertz CT molecular complexity index is 977. The van der Waals surface area contributed by atoms with E-state index in [1.165, 1.54) is 44.9 Å². The van der Waals surface area contributed by atoms with Crippen LogP contribution in [0.3, 0.4) is 0 Å². The summed E-state index contributed by atoms with van der Waals surface area (Å²) in [6.45, 7) is 1.07. The number of amides is 2. The second kappa shape index (κ2) is 9.76. The molecule has 2 aliphatic heterocycles. The largest absolute Gasteiger partial charge is 0.461 e. The number of ether oxygens (including phenoxy) is 2. The highest BCUT2D eigenvalue weighted by Gasteiger charge is 2.68. The lowest BCUT2D eigenvalue weighted by atomic mass is 10.0. The molecule has 0 radical (unpaired) electrons. The summed E-state index contributed by atoms with van der Waals surface area (Å²) in [5, 5.41) is 1.98. The molecule has 12 heteroatoms. The van der Waals surface area contributed by atoms with Crippen molar-refractivity contribution in [1.82, 2.24) is 10.2 Å². The van der Waals surface area contributed by atoms with Gasteiger partial charge in [-0.25, -0.2) is 0 Å². The molecule has 1 aromatic rings. The quantitative estimate of drug-likeness (QED) is 0.242. The van der Waals surface area contributed by atoms with Crippen molar-refractivity contribution in [1.29, 1.82) is 0 Å². The number of esters is 1. The van der Waals surface area contributed by atoms with Gasteiger partial charge in [-0.2, -0.15) is 0 Å². The minimum atomic E-state index is -3.90. The third kappa shape index (κ3) is 4.35. The lowest BCUT2D eigenvalue weighted by molar-refractivity contribution is -0.190. The van der Waals surface area contributed by atoms with Gasteiger partial charge in [0.25, 0.3) is 11.6 Å². The highest BCUT2D eigenvalue weighted by molar-refractivity contribution is 8.00. The third-order valence-corrected chi connectivity index (χ3v) is 8.51. The summed E-state index contributed by atoms with van der Waals surface area (Å²) in [4.78, 5) is 38.5. The Labute approximate surface area is 190 Å². The molecule has 10 nitrogen and oxygen atoms in total. The maximum Gasteiger partial charge on any atom is 0.377 e. The molecule has 2 heterocycles. The van der Waals surface area contributed by atoms with Gasteiger partial charge in [0.2, 0.25) is 5.91 Å². The highest BCUT2D eigenvalue weighted by atomic mass is 32.2. The van der Waals surface area contributed by atoms with E-state index in [4.69, 9.17) is 18.5 Å². The molecule has 0 saturated carbocycles. The van der Waals surface area contributed by atoms with Gasteiger partial charge in [-0.15, -0.1) is 11.8 Å².